The molecule has 0 saturated carbocycles. The number of aliphatic hydroxyl groups excluding tert-OH is 1. The van der Waals surface area contributed by atoms with E-state index in [1.54, 1.807) is 48.5 Å². The molecule has 2 unspecified atom stereocenters. The molecule has 5 nitrogen and oxygen atoms in total. The van der Waals surface area contributed by atoms with Crippen molar-refractivity contribution in [3.63, 3.8) is 0 Å². The lowest BCUT2D eigenvalue weighted by Crippen LogP contribution is -2.10. The second kappa shape index (κ2) is 8.73. The summed E-state index contributed by atoms with van der Waals surface area (Å²) in [5, 5.41) is 8.32. The Balaban J connectivity index is 1.73. The monoisotopic (exact) mass is 382 g/mol. The molecule has 0 aromatic heterocycles. The van der Waals surface area contributed by atoms with E-state index in [4.69, 9.17) is 4.74 Å². The Morgan fingerprint density at radius 2 is 1.37 bits per heavy atom. The van der Waals surface area contributed by atoms with Gasteiger partial charge in [0.15, 0.2) is 16.9 Å². The predicted molar refractivity (Wildman–Crippen MR) is 103 cm³/mol. The van der Waals surface area contributed by atoms with E-state index in [2.05, 4.69) is 0 Å². The fourth-order valence-electron chi connectivity index (χ4n) is 2.60. The Bertz CT molecular complexity index is 921. The number of ether oxygens (including phenoxy) is 1. The standard InChI is InChI=1S/C21H18O5S/c22-14-20(27(24)25)15-6-8-16(9-7-15)21(23)17-10-12-19(13-11-17)26-18-4-2-1-3-5-18/h1-13,20,22H,14H2,(H,24,25). The van der Waals surface area contributed by atoms with Crippen molar-refractivity contribution in [2.75, 3.05) is 6.61 Å². The summed E-state index contributed by atoms with van der Waals surface area (Å²) in [7, 11) is 0. The third-order valence-electron chi connectivity index (χ3n) is 4.05. The molecule has 0 aliphatic heterocycles. The van der Waals surface area contributed by atoms with Gasteiger partial charge in [-0.15, -0.1) is 0 Å². The van der Waals surface area contributed by atoms with Gasteiger partial charge >= 0.3 is 0 Å². The van der Waals surface area contributed by atoms with Crippen LogP contribution in [0.4, 0.5) is 0 Å². The second-order valence-electron chi connectivity index (χ2n) is 5.84. The van der Waals surface area contributed by atoms with E-state index in [-0.39, 0.29) is 5.78 Å². The number of hydrogen-bond donors (Lipinski definition) is 2. The van der Waals surface area contributed by atoms with Gasteiger partial charge in [0.2, 0.25) is 0 Å². The van der Waals surface area contributed by atoms with Crippen LogP contribution >= 0.6 is 0 Å². The Morgan fingerprint density at radius 3 is 1.89 bits per heavy atom. The molecule has 0 saturated heterocycles. The van der Waals surface area contributed by atoms with Gasteiger partial charge in [0.05, 0.1) is 6.61 Å². The summed E-state index contributed by atoms with van der Waals surface area (Å²) in [4.78, 5) is 12.6. The average Bonchev–Trinajstić information content (AvgIpc) is 2.70. The van der Waals surface area contributed by atoms with Crippen molar-refractivity contribution in [2.45, 2.75) is 5.25 Å². The first-order valence-electron chi connectivity index (χ1n) is 8.26. The number of rotatable bonds is 7. The van der Waals surface area contributed by atoms with Crippen LogP contribution in [-0.2, 0) is 11.1 Å². The zero-order valence-electron chi connectivity index (χ0n) is 14.3. The summed E-state index contributed by atoms with van der Waals surface area (Å²) in [6.45, 7) is -0.445. The molecule has 2 atom stereocenters. The predicted octanol–water partition coefficient (Wildman–Crippen LogP) is 3.97. The number of para-hydroxylation sites is 1. The number of carbonyl (C=O) groups excluding carboxylic acids is 1. The Labute approximate surface area is 159 Å². The maximum atomic E-state index is 12.6. The van der Waals surface area contributed by atoms with Crippen LogP contribution in [0.25, 0.3) is 0 Å². The van der Waals surface area contributed by atoms with Crippen molar-refractivity contribution >= 4 is 16.9 Å². The van der Waals surface area contributed by atoms with E-state index in [1.807, 2.05) is 30.3 Å². The molecular weight excluding hydrogens is 364 g/mol. The van der Waals surface area contributed by atoms with E-state index in [0.717, 1.165) is 0 Å². The Morgan fingerprint density at radius 1 is 0.852 bits per heavy atom. The smallest absolute Gasteiger partial charge is 0.193 e. The molecule has 0 radical (unpaired) electrons. The van der Waals surface area contributed by atoms with Gasteiger partial charge in [0, 0.05) is 11.1 Å². The quantitative estimate of drug-likeness (QED) is 0.477. The second-order valence-corrected chi connectivity index (χ2v) is 6.96. The molecule has 0 amide bonds. The molecule has 138 valence electrons. The number of aliphatic hydroxyl groups is 1. The lowest BCUT2D eigenvalue weighted by Gasteiger charge is -2.11. The van der Waals surface area contributed by atoms with Crippen molar-refractivity contribution in [3.05, 3.63) is 95.6 Å². The van der Waals surface area contributed by atoms with Crippen LogP contribution in [0.2, 0.25) is 0 Å². The van der Waals surface area contributed by atoms with Gasteiger partial charge in [-0.2, -0.15) is 0 Å². The van der Waals surface area contributed by atoms with Crippen LogP contribution in [0.1, 0.15) is 26.7 Å². The summed E-state index contributed by atoms with van der Waals surface area (Å²) in [6, 6.07) is 22.5. The van der Waals surface area contributed by atoms with E-state index in [9.17, 15) is 18.7 Å². The molecule has 27 heavy (non-hydrogen) atoms. The maximum Gasteiger partial charge on any atom is 0.193 e. The Hall–Kier alpha value is -2.80. The summed E-state index contributed by atoms with van der Waals surface area (Å²) in [6.07, 6.45) is 0. The highest BCUT2D eigenvalue weighted by Crippen LogP contribution is 2.23. The van der Waals surface area contributed by atoms with Gasteiger partial charge < -0.3 is 14.4 Å². The molecule has 0 bridgehead atoms. The first-order valence-corrected chi connectivity index (χ1v) is 9.43. The molecule has 3 aromatic rings. The van der Waals surface area contributed by atoms with Gasteiger partial charge in [-0.3, -0.25) is 4.79 Å². The van der Waals surface area contributed by atoms with Gasteiger partial charge in [0.1, 0.15) is 16.7 Å². The highest BCUT2D eigenvalue weighted by Gasteiger charge is 2.17. The fraction of sp³-hybridized carbons (Fsp3) is 0.0952. The van der Waals surface area contributed by atoms with Crippen LogP contribution in [0.5, 0.6) is 11.5 Å². The summed E-state index contributed by atoms with van der Waals surface area (Å²) >= 11 is -2.18. The summed E-state index contributed by atoms with van der Waals surface area (Å²) in [5.74, 6) is 1.18. The van der Waals surface area contributed by atoms with Gasteiger partial charge in [0.25, 0.3) is 0 Å². The number of hydrogen-bond acceptors (Lipinski definition) is 4. The minimum absolute atomic E-state index is 0.168. The van der Waals surface area contributed by atoms with Crippen molar-refractivity contribution in [1.29, 1.82) is 0 Å². The highest BCUT2D eigenvalue weighted by molar-refractivity contribution is 7.79. The van der Waals surface area contributed by atoms with Gasteiger partial charge in [-0.25, -0.2) is 4.21 Å². The SMILES string of the molecule is O=C(c1ccc(Oc2ccccc2)cc1)c1ccc(C(CO)S(=O)O)cc1. The first-order chi connectivity index (χ1) is 13.1. The van der Waals surface area contributed by atoms with Crippen molar-refractivity contribution in [3.8, 4) is 11.5 Å². The third-order valence-corrected chi connectivity index (χ3v) is 4.96. The third kappa shape index (κ3) is 4.68. The minimum Gasteiger partial charge on any atom is -0.457 e. The molecule has 3 rings (SSSR count). The molecule has 0 heterocycles. The number of carbonyl (C=O) groups is 1. The zero-order chi connectivity index (χ0) is 19.2. The molecule has 3 aromatic carbocycles. The van der Waals surface area contributed by atoms with Crippen LogP contribution < -0.4 is 4.74 Å². The van der Waals surface area contributed by atoms with Crippen molar-refractivity contribution in [1.82, 2.24) is 0 Å². The summed E-state index contributed by atoms with van der Waals surface area (Å²) in [5.41, 5.74) is 1.46. The fourth-order valence-corrected chi connectivity index (χ4v) is 3.12. The van der Waals surface area contributed by atoms with Crippen molar-refractivity contribution in [2.24, 2.45) is 0 Å². The van der Waals surface area contributed by atoms with E-state index < -0.39 is 22.9 Å². The minimum atomic E-state index is -2.18. The normalized spacial score (nSPS) is 13.0. The first kappa shape index (κ1) is 19.0. The molecule has 0 aliphatic rings. The molecular formula is C21H18O5S. The van der Waals surface area contributed by atoms with Crippen LogP contribution in [0, 0.1) is 0 Å². The van der Waals surface area contributed by atoms with E-state index in [1.165, 1.54) is 0 Å². The van der Waals surface area contributed by atoms with E-state index in [0.29, 0.717) is 28.2 Å². The average molecular weight is 382 g/mol. The van der Waals surface area contributed by atoms with Crippen LogP contribution in [0.3, 0.4) is 0 Å². The highest BCUT2D eigenvalue weighted by atomic mass is 32.2. The van der Waals surface area contributed by atoms with Gasteiger partial charge in [-0.1, -0.05) is 42.5 Å². The van der Waals surface area contributed by atoms with E-state index >= 15 is 0 Å². The lowest BCUT2D eigenvalue weighted by atomic mass is 10.0. The van der Waals surface area contributed by atoms with Crippen LogP contribution in [0.15, 0.2) is 78.9 Å². The van der Waals surface area contributed by atoms with Crippen molar-refractivity contribution < 1.29 is 23.4 Å². The largest absolute Gasteiger partial charge is 0.457 e. The molecule has 6 heteroatoms. The molecule has 2 N–H and O–H groups in total. The molecule has 0 fully saturated rings. The molecule has 0 spiro atoms. The topological polar surface area (TPSA) is 83.8 Å². The van der Waals surface area contributed by atoms with Gasteiger partial charge in [-0.05, 0) is 42.0 Å². The zero-order valence-corrected chi connectivity index (χ0v) is 15.1. The summed E-state index contributed by atoms with van der Waals surface area (Å²) < 4.78 is 26.1. The molecule has 0 aliphatic carbocycles. The lowest BCUT2D eigenvalue weighted by molar-refractivity contribution is 0.103. The number of benzene rings is 3. The van der Waals surface area contributed by atoms with Crippen LogP contribution in [-0.4, -0.2) is 26.3 Å². The maximum absolute atomic E-state index is 12.6. The Kier molecular flexibility index (Phi) is 6.13. The number of ketones is 1.